The van der Waals surface area contributed by atoms with E-state index < -0.39 is 0 Å². The molecule has 0 radical (unpaired) electrons. The maximum atomic E-state index is 2.48. The van der Waals surface area contributed by atoms with Gasteiger partial charge in [-0.1, -0.05) is 196 Å². The van der Waals surface area contributed by atoms with Crippen LogP contribution in [0.3, 0.4) is 0 Å². The molecule has 0 bridgehead atoms. The molecule has 0 atom stereocenters. The maximum Gasteiger partial charge on any atom is 0.0547 e. The van der Waals surface area contributed by atoms with Crippen molar-refractivity contribution in [3.8, 4) is 55.9 Å². The average Bonchev–Trinajstić information content (AvgIpc) is 4.21. The molecule has 0 amide bonds. The van der Waals surface area contributed by atoms with Crippen LogP contribution in [-0.4, -0.2) is 9.13 Å². The summed E-state index contributed by atoms with van der Waals surface area (Å²) in [6.07, 6.45) is 0. The minimum absolute atomic E-state index is 0.264. The Balaban J connectivity index is 0.852. The lowest BCUT2D eigenvalue weighted by molar-refractivity contribution is 0.660. The Morgan fingerprint density at radius 2 is 0.737 bits per heavy atom. The van der Waals surface area contributed by atoms with Crippen LogP contribution in [0, 0.1) is 0 Å². The first kappa shape index (κ1) is 43.8. The molecule has 2 heterocycles. The van der Waals surface area contributed by atoms with Crippen LogP contribution in [-0.2, 0) is 5.41 Å². The van der Waals surface area contributed by atoms with Crippen molar-refractivity contribution < 1.29 is 0 Å². The Labute approximate surface area is 442 Å². The van der Waals surface area contributed by atoms with E-state index in [1.54, 1.807) is 0 Å². The third-order valence-corrected chi connectivity index (χ3v) is 16.3. The summed E-state index contributed by atoms with van der Waals surface area (Å²) in [6, 6.07) is 101. The lowest BCUT2D eigenvalue weighted by atomic mass is 9.81. The van der Waals surface area contributed by atoms with Crippen molar-refractivity contribution in [2.24, 2.45) is 0 Å². The van der Waals surface area contributed by atoms with Crippen LogP contribution in [0.5, 0.6) is 0 Å². The largest absolute Gasteiger partial charge is 0.310 e. The first-order valence-corrected chi connectivity index (χ1v) is 26.4. The Morgan fingerprint density at radius 3 is 1.43 bits per heavy atom. The van der Waals surface area contributed by atoms with Gasteiger partial charge < -0.3 is 14.0 Å². The molecular weight excluding hydrogens is 919 g/mol. The number of rotatable bonds is 8. The summed E-state index contributed by atoms with van der Waals surface area (Å²) in [7, 11) is 0. The van der Waals surface area contributed by atoms with Gasteiger partial charge in [-0.25, -0.2) is 0 Å². The summed E-state index contributed by atoms with van der Waals surface area (Å²) < 4.78 is 4.80. The number of anilines is 3. The zero-order chi connectivity index (χ0) is 50.5. The number of nitrogens with zero attached hydrogens (tertiary/aromatic N) is 3. The zero-order valence-corrected chi connectivity index (χ0v) is 42.3. The SMILES string of the molecule is CC1(C)c2cc(-c3ccc4c(c3)c3ccccc3n4-c3ccccc3)ccc2-c2ccc(N(c3ccc(-c4ccccc4)cc3)c3ccc(-c4ccc5c6ccccc6n(-c6ccccc6)c5c4)c4ccccc34)cc21. The van der Waals surface area contributed by atoms with Gasteiger partial charge in [-0.05, 0) is 152 Å². The number of fused-ring (bicyclic) bond motifs is 10. The van der Waals surface area contributed by atoms with E-state index in [1.165, 1.54) is 116 Å². The molecule has 14 aromatic rings. The normalized spacial score (nSPS) is 12.7. The number of hydrogen-bond donors (Lipinski definition) is 0. The van der Waals surface area contributed by atoms with Crippen LogP contribution in [0.25, 0.3) is 110 Å². The number of benzene rings is 12. The zero-order valence-electron chi connectivity index (χ0n) is 42.3. The lowest BCUT2D eigenvalue weighted by Gasteiger charge is -2.29. The maximum absolute atomic E-state index is 2.48. The van der Waals surface area contributed by atoms with Gasteiger partial charge in [0, 0.05) is 55.1 Å². The Morgan fingerprint density at radius 1 is 0.276 bits per heavy atom. The standard InChI is InChI=1S/C73H51N3/c1-73(2)66-45-51(50-34-42-71-65(44-50)63-27-15-17-29-69(63)75(71)53-20-8-4-9-21-53)32-38-59(66)60-40-37-56(47-67(60)73)74(55-35-30-49(31-36-55)48-18-6-3-7-19-48)70-43-41-57(58-24-12-13-25-61(58)70)52-33-39-64-62-26-14-16-28-68(62)76(72(64)46-52)54-22-10-5-11-23-54/h3-47H,1-2H3. The predicted molar refractivity (Wildman–Crippen MR) is 321 cm³/mol. The van der Waals surface area contributed by atoms with Crippen molar-refractivity contribution >= 4 is 71.4 Å². The second kappa shape index (κ2) is 17.2. The molecule has 1 aliphatic carbocycles. The fourth-order valence-corrected chi connectivity index (χ4v) is 12.6. The van der Waals surface area contributed by atoms with E-state index in [9.17, 15) is 0 Å². The van der Waals surface area contributed by atoms with Gasteiger partial charge >= 0.3 is 0 Å². The molecular formula is C73H51N3. The van der Waals surface area contributed by atoms with Gasteiger partial charge in [0.05, 0.1) is 27.8 Å². The van der Waals surface area contributed by atoms with Crippen LogP contribution < -0.4 is 4.90 Å². The van der Waals surface area contributed by atoms with Crippen LogP contribution in [0.4, 0.5) is 17.1 Å². The highest BCUT2D eigenvalue weighted by Crippen LogP contribution is 2.53. The van der Waals surface area contributed by atoms with Gasteiger partial charge in [-0.15, -0.1) is 0 Å². The van der Waals surface area contributed by atoms with E-state index in [4.69, 9.17) is 0 Å². The highest BCUT2D eigenvalue weighted by atomic mass is 15.1. The van der Waals surface area contributed by atoms with Crippen molar-refractivity contribution in [3.05, 3.63) is 284 Å². The predicted octanol–water partition coefficient (Wildman–Crippen LogP) is 19.8. The fraction of sp³-hybridized carbons (Fsp3) is 0.0411. The van der Waals surface area contributed by atoms with Gasteiger partial charge in [-0.3, -0.25) is 0 Å². The number of para-hydroxylation sites is 4. The summed E-state index contributed by atoms with van der Waals surface area (Å²) in [6.45, 7) is 4.80. The second-order valence-corrected chi connectivity index (χ2v) is 20.9. The van der Waals surface area contributed by atoms with Gasteiger partial charge in [-0.2, -0.15) is 0 Å². The molecule has 3 heteroatoms. The Hall–Kier alpha value is -9.70. The molecule has 358 valence electrons. The van der Waals surface area contributed by atoms with E-state index in [1.807, 2.05) is 0 Å². The minimum Gasteiger partial charge on any atom is -0.310 e. The van der Waals surface area contributed by atoms with E-state index in [0.29, 0.717) is 0 Å². The molecule has 0 unspecified atom stereocenters. The molecule has 2 aromatic heterocycles. The van der Waals surface area contributed by atoms with E-state index in [0.717, 1.165) is 22.7 Å². The molecule has 0 saturated heterocycles. The van der Waals surface area contributed by atoms with Crippen molar-refractivity contribution in [1.29, 1.82) is 0 Å². The molecule has 0 fully saturated rings. The summed E-state index contributed by atoms with van der Waals surface area (Å²) >= 11 is 0. The van der Waals surface area contributed by atoms with E-state index >= 15 is 0 Å². The molecule has 12 aromatic carbocycles. The first-order chi connectivity index (χ1) is 37.5. The van der Waals surface area contributed by atoms with E-state index in [-0.39, 0.29) is 5.41 Å². The molecule has 15 rings (SSSR count). The van der Waals surface area contributed by atoms with Crippen molar-refractivity contribution in [2.45, 2.75) is 19.3 Å². The van der Waals surface area contributed by atoms with Crippen LogP contribution in [0.1, 0.15) is 25.0 Å². The average molecular weight is 970 g/mol. The van der Waals surface area contributed by atoms with Crippen LogP contribution in [0.15, 0.2) is 273 Å². The molecule has 0 N–H and O–H groups in total. The second-order valence-electron chi connectivity index (χ2n) is 20.9. The van der Waals surface area contributed by atoms with Gasteiger partial charge in [0.25, 0.3) is 0 Å². The highest BCUT2D eigenvalue weighted by molar-refractivity contribution is 6.13. The molecule has 1 aliphatic rings. The van der Waals surface area contributed by atoms with Crippen LogP contribution in [0.2, 0.25) is 0 Å². The van der Waals surface area contributed by atoms with Gasteiger partial charge in [0.2, 0.25) is 0 Å². The lowest BCUT2D eigenvalue weighted by Crippen LogP contribution is -2.17. The quantitative estimate of drug-likeness (QED) is 0.148. The Bertz CT molecular complexity index is 4580. The first-order valence-electron chi connectivity index (χ1n) is 26.4. The van der Waals surface area contributed by atoms with Crippen molar-refractivity contribution in [2.75, 3.05) is 4.90 Å². The fourth-order valence-electron chi connectivity index (χ4n) is 12.6. The van der Waals surface area contributed by atoms with Crippen LogP contribution >= 0.6 is 0 Å². The van der Waals surface area contributed by atoms with Crippen molar-refractivity contribution in [1.82, 2.24) is 9.13 Å². The third kappa shape index (κ3) is 6.82. The summed E-state index contributed by atoms with van der Waals surface area (Å²) in [4.78, 5) is 2.48. The number of hydrogen-bond acceptors (Lipinski definition) is 1. The minimum atomic E-state index is -0.264. The summed E-state index contributed by atoms with van der Waals surface area (Å²) in [5, 5.41) is 7.41. The van der Waals surface area contributed by atoms with Gasteiger partial charge in [0.15, 0.2) is 0 Å². The highest BCUT2D eigenvalue weighted by Gasteiger charge is 2.36. The molecule has 0 aliphatic heterocycles. The van der Waals surface area contributed by atoms with Gasteiger partial charge in [0.1, 0.15) is 0 Å². The summed E-state index contributed by atoms with van der Waals surface area (Å²) in [5.74, 6) is 0. The summed E-state index contributed by atoms with van der Waals surface area (Å²) in [5.41, 5.74) is 22.7. The molecule has 0 saturated carbocycles. The molecule has 3 nitrogen and oxygen atoms in total. The Kier molecular flexibility index (Phi) is 9.92. The third-order valence-electron chi connectivity index (χ3n) is 16.3. The smallest absolute Gasteiger partial charge is 0.0547 e. The molecule has 76 heavy (non-hydrogen) atoms. The van der Waals surface area contributed by atoms with E-state index in [2.05, 4.69) is 301 Å². The number of aromatic nitrogens is 2. The topological polar surface area (TPSA) is 13.1 Å². The monoisotopic (exact) mass is 969 g/mol. The van der Waals surface area contributed by atoms with Crippen molar-refractivity contribution in [3.63, 3.8) is 0 Å². The molecule has 0 spiro atoms.